The lowest BCUT2D eigenvalue weighted by Crippen LogP contribution is -2.63. The van der Waals surface area contributed by atoms with Crippen LogP contribution in [0.3, 0.4) is 0 Å². The number of piperidine rings is 1. The standard InChI is InChI=1S/C30H33BrF2N4O4/c1-29(2,3)41-28(40)37-14-11-30(12-15-37,36-26(38)9-5-19-4-7-24(33)23(31)16-19)27(39)34-13-10-20-18-35-25-8-6-21(32)17-22(20)25/h4-9,16-18,35H,10-15H2,1-3H3,(H,34,39)(H,36,38)/b9-5+. The predicted octanol–water partition coefficient (Wildman–Crippen LogP) is 5.47. The molecule has 3 N–H and O–H groups in total. The molecule has 1 aromatic heterocycles. The van der Waals surface area contributed by atoms with E-state index in [1.165, 1.54) is 47.4 Å². The molecule has 0 unspecified atom stereocenters. The Balaban J connectivity index is 1.46. The maximum atomic E-state index is 13.8. The van der Waals surface area contributed by atoms with Crippen LogP contribution in [0.15, 0.2) is 53.1 Å². The minimum absolute atomic E-state index is 0.179. The van der Waals surface area contributed by atoms with Crippen LogP contribution in [-0.2, 0) is 20.7 Å². The highest BCUT2D eigenvalue weighted by molar-refractivity contribution is 9.10. The van der Waals surface area contributed by atoms with Crippen LogP contribution in [-0.4, -0.2) is 58.6 Å². The fourth-order valence-electron chi connectivity index (χ4n) is 4.71. The number of carbonyl (C=O) groups excluding carboxylic acids is 3. The molecule has 3 amide bonds. The number of nitrogens with zero attached hydrogens (tertiary/aromatic N) is 1. The fourth-order valence-corrected chi connectivity index (χ4v) is 5.11. The monoisotopic (exact) mass is 630 g/mol. The van der Waals surface area contributed by atoms with E-state index in [0.717, 1.165) is 16.5 Å². The van der Waals surface area contributed by atoms with Crippen LogP contribution < -0.4 is 10.6 Å². The van der Waals surface area contributed by atoms with Crippen LogP contribution in [0.2, 0.25) is 0 Å². The Kier molecular flexibility index (Phi) is 9.16. The molecule has 4 rings (SSSR count). The molecule has 41 heavy (non-hydrogen) atoms. The number of H-pyrrole nitrogens is 1. The van der Waals surface area contributed by atoms with Crippen molar-refractivity contribution in [1.29, 1.82) is 0 Å². The number of aromatic nitrogens is 1. The van der Waals surface area contributed by atoms with Gasteiger partial charge in [0.15, 0.2) is 0 Å². The van der Waals surface area contributed by atoms with E-state index in [-0.39, 0.29) is 48.7 Å². The second kappa shape index (κ2) is 12.4. The lowest BCUT2D eigenvalue weighted by molar-refractivity contribution is -0.134. The summed E-state index contributed by atoms with van der Waals surface area (Å²) in [7, 11) is 0. The number of halogens is 3. The van der Waals surface area contributed by atoms with Gasteiger partial charge in [0, 0.05) is 42.8 Å². The van der Waals surface area contributed by atoms with E-state index in [9.17, 15) is 23.2 Å². The van der Waals surface area contributed by atoms with Gasteiger partial charge >= 0.3 is 6.09 Å². The van der Waals surface area contributed by atoms with Crippen LogP contribution in [0.1, 0.15) is 44.7 Å². The number of aromatic amines is 1. The van der Waals surface area contributed by atoms with Gasteiger partial charge in [0.1, 0.15) is 22.8 Å². The maximum absolute atomic E-state index is 13.8. The molecule has 0 aliphatic carbocycles. The minimum Gasteiger partial charge on any atom is -0.444 e. The molecule has 1 aliphatic heterocycles. The molecule has 3 aromatic rings. The van der Waals surface area contributed by atoms with E-state index in [2.05, 4.69) is 31.5 Å². The third-order valence-electron chi connectivity index (χ3n) is 6.85. The van der Waals surface area contributed by atoms with E-state index in [1.807, 2.05) is 0 Å². The van der Waals surface area contributed by atoms with E-state index in [0.29, 0.717) is 12.0 Å². The first-order valence-corrected chi connectivity index (χ1v) is 14.1. The van der Waals surface area contributed by atoms with Crippen molar-refractivity contribution in [2.75, 3.05) is 19.6 Å². The molecule has 0 spiro atoms. The topological polar surface area (TPSA) is 104 Å². The normalized spacial score (nSPS) is 15.2. The summed E-state index contributed by atoms with van der Waals surface area (Å²) in [5, 5.41) is 6.52. The molecular formula is C30H33BrF2N4O4. The van der Waals surface area contributed by atoms with Crippen molar-refractivity contribution in [2.45, 2.75) is 51.2 Å². The zero-order valence-electron chi connectivity index (χ0n) is 23.2. The molecule has 0 bridgehead atoms. The van der Waals surface area contributed by atoms with Crippen molar-refractivity contribution in [1.82, 2.24) is 20.5 Å². The molecule has 2 aromatic carbocycles. The summed E-state index contributed by atoms with van der Waals surface area (Å²) in [5.41, 5.74) is 0.317. The van der Waals surface area contributed by atoms with Crippen LogP contribution in [0.25, 0.3) is 17.0 Å². The van der Waals surface area contributed by atoms with E-state index in [1.54, 1.807) is 33.0 Å². The van der Waals surface area contributed by atoms with Gasteiger partial charge < -0.3 is 25.3 Å². The first-order chi connectivity index (χ1) is 19.3. The van der Waals surface area contributed by atoms with Crippen molar-refractivity contribution in [2.24, 2.45) is 0 Å². The Morgan fingerprint density at radius 2 is 1.85 bits per heavy atom. The average Bonchev–Trinajstić information content (AvgIpc) is 3.30. The number of nitrogens with one attached hydrogen (secondary N) is 3. The summed E-state index contributed by atoms with van der Waals surface area (Å²) >= 11 is 3.13. The number of fused-ring (bicyclic) bond motifs is 1. The second-order valence-corrected chi connectivity index (χ2v) is 11.9. The lowest BCUT2D eigenvalue weighted by Gasteiger charge is -2.41. The third-order valence-corrected chi connectivity index (χ3v) is 7.45. The van der Waals surface area contributed by atoms with E-state index in [4.69, 9.17) is 4.74 Å². The quantitative estimate of drug-likeness (QED) is 0.301. The summed E-state index contributed by atoms with van der Waals surface area (Å²) in [6.07, 6.45) is 4.92. The molecule has 1 aliphatic rings. The highest BCUT2D eigenvalue weighted by Crippen LogP contribution is 2.25. The number of benzene rings is 2. The Morgan fingerprint density at radius 1 is 1.12 bits per heavy atom. The summed E-state index contributed by atoms with van der Waals surface area (Å²) in [5.74, 6) is -1.64. The van der Waals surface area contributed by atoms with E-state index < -0.39 is 29.0 Å². The van der Waals surface area contributed by atoms with Gasteiger partial charge in [-0.05, 0) is 103 Å². The number of ether oxygens (including phenoxy) is 1. The van der Waals surface area contributed by atoms with Crippen LogP contribution >= 0.6 is 15.9 Å². The smallest absolute Gasteiger partial charge is 0.410 e. The highest BCUT2D eigenvalue weighted by atomic mass is 79.9. The Hall–Kier alpha value is -3.73. The summed E-state index contributed by atoms with van der Waals surface area (Å²) in [6, 6.07) is 8.84. The van der Waals surface area contributed by atoms with Crippen LogP contribution in [0, 0.1) is 11.6 Å². The summed E-state index contributed by atoms with van der Waals surface area (Å²) < 4.78 is 33.1. The van der Waals surface area contributed by atoms with Gasteiger partial charge in [-0.15, -0.1) is 0 Å². The van der Waals surface area contributed by atoms with Crippen LogP contribution in [0.5, 0.6) is 0 Å². The molecule has 8 nitrogen and oxygen atoms in total. The lowest BCUT2D eigenvalue weighted by atomic mass is 9.86. The first-order valence-electron chi connectivity index (χ1n) is 13.3. The second-order valence-electron chi connectivity index (χ2n) is 11.1. The van der Waals surface area contributed by atoms with E-state index >= 15 is 0 Å². The molecule has 0 saturated carbocycles. The van der Waals surface area contributed by atoms with Gasteiger partial charge in [-0.25, -0.2) is 13.6 Å². The van der Waals surface area contributed by atoms with Crippen LogP contribution in [0.4, 0.5) is 13.6 Å². The minimum atomic E-state index is -1.27. The number of carbonyl (C=O) groups is 3. The molecule has 0 radical (unpaired) electrons. The summed E-state index contributed by atoms with van der Waals surface area (Å²) in [4.78, 5) is 43.8. The van der Waals surface area contributed by atoms with Gasteiger partial charge in [-0.3, -0.25) is 9.59 Å². The Bertz CT molecular complexity index is 1470. The molecule has 1 saturated heterocycles. The van der Waals surface area contributed by atoms with Crippen molar-refractivity contribution in [3.63, 3.8) is 0 Å². The van der Waals surface area contributed by atoms with Crippen molar-refractivity contribution >= 4 is 50.8 Å². The molecule has 1 fully saturated rings. The average molecular weight is 632 g/mol. The van der Waals surface area contributed by atoms with Gasteiger partial charge in [-0.1, -0.05) is 6.07 Å². The van der Waals surface area contributed by atoms with Gasteiger partial charge in [0.2, 0.25) is 11.8 Å². The largest absolute Gasteiger partial charge is 0.444 e. The SMILES string of the molecule is CC(C)(C)OC(=O)N1CCC(NC(=O)/C=C/c2ccc(F)c(Br)c2)(C(=O)NCCc2c[nH]c3ccc(F)cc23)CC1. The Morgan fingerprint density at radius 3 is 2.54 bits per heavy atom. The number of likely N-dealkylation sites (tertiary alicyclic amines) is 1. The van der Waals surface area contributed by atoms with Gasteiger partial charge in [0.25, 0.3) is 0 Å². The van der Waals surface area contributed by atoms with Crippen molar-refractivity contribution < 1.29 is 27.9 Å². The zero-order valence-corrected chi connectivity index (χ0v) is 24.7. The molecule has 11 heteroatoms. The van der Waals surface area contributed by atoms with Gasteiger partial charge in [0.05, 0.1) is 4.47 Å². The zero-order chi connectivity index (χ0) is 29.8. The Labute approximate surface area is 245 Å². The third kappa shape index (κ3) is 7.72. The molecular weight excluding hydrogens is 598 g/mol. The maximum Gasteiger partial charge on any atom is 0.410 e. The summed E-state index contributed by atoms with van der Waals surface area (Å²) in [6.45, 7) is 6.01. The molecule has 2 heterocycles. The van der Waals surface area contributed by atoms with Crippen molar-refractivity contribution in [3.05, 3.63) is 75.9 Å². The number of rotatable bonds is 7. The number of amides is 3. The predicted molar refractivity (Wildman–Crippen MR) is 156 cm³/mol. The van der Waals surface area contributed by atoms with Gasteiger partial charge in [-0.2, -0.15) is 0 Å². The number of hydrogen-bond donors (Lipinski definition) is 3. The fraction of sp³-hybridized carbons (Fsp3) is 0.367. The highest BCUT2D eigenvalue weighted by Gasteiger charge is 2.43. The molecule has 218 valence electrons. The molecule has 0 atom stereocenters. The van der Waals surface area contributed by atoms with Crippen molar-refractivity contribution in [3.8, 4) is 0 Å². The number of hydrogen-bond acceptors (Lipinski definition) is 4. The first kappa shape index (κ1) is 30.2.